The summed E-state index contributed by atoms with van der Waals surface area (Å²) in [5.41, 5.74) is 5.05. The van der Waals surface area contributed by atoms with Gasteiger partial charge in [-0.1, -0.05) is 0 Å². The molecule has 2 aromatic rings. The molecule has 1 saturated heterocycles. The Bertz CT molecular complexity index is 1070. The van der Waals surface area contributed by atoms with Gasteiger partial charge in [-0.2, -0.15) is 4.98 Å². The van der Waals surface area contributed by atoms with Crippen molar-refractivity contribution in [3.63, 3.8) is 0 Å². The van der Waals surface area contributed by atoms with Gasteiger partial charge in [0.2, 0.25) is 5.95 Å². The smallest absolute Gasteiger partial charge is 0.303 e. The van der Waals surface area contributed by atoms with Crippen LogP contribution in [0.4, 0.5) is 5.95 Å². The van der Waals surface area contributed by atoms with Crippen LogP contribution in [0, 0.1) is 0 Å². The van der Waals surface area contributed by atoms with E-state index in [1.165, 1.54) is 25.3 Å². The molecular weight excluding hydrogens is 470 g/mol. The Balaban J connectivity index is 2.11. The van der Waals surface area contributed by atoms with Crippen molar-refractivity contribution >= 4 is 51.0 Å². The SMILES string of the molecule is CC(=O)OC[C@@H]1O[C@@H](n2c(Br)nc3c(=O)[nH]c(N)nc32)[C@H](OC(C)=O)[C@H]1OC(C)=O. The summed E-state index contributed by atoms with van der Waals surface area (Å²) in [5, 5.41) is 0. The van der Waals surface area contributed by atoms with Crippen LogP contribution in [-0.4, -0.2) is 62.3 Å². The van der Waals surface area contributed by atoms with Crippen molar-refractivity contribution in [1.29, 1.82) is 0 Å². The molecule has 1 aliphatic rings. The predicted octanol–water partition coefficient (Wildman–Crippen LogP) is -0.212. The number of aromatic amines is 1. The van der Waals surface area contributed by atoms with E-state index in [1.807, 2.05) is 0 Å². The van der Waals surface area contributed by atoms with Crippen LogP contribution in [0.25, 0.3) is 11.2 Å². The summed E-state index contributed by atoms with van der Waals surface area (Å²) in [5.74, 6) is -2.09. The molecule has 1 aliphatic heterocycles. The van der Waals surface area contributed by atoms with Crippen LogP contribution >= 0.6 is 15.9 Å². The molecule has 0 aliphatic carbocycles. The Labute approximate surface area is 177 Å². The topological polar surface area (TPSA) is 178 Å². The van der Waals surface area contributed by atoms with Gasteiger partial charge in [-0.05, 0) is 15.9 Å². The zero-order valence-electron chi connectivity index (χ0n) is 16.1. The molecule has 0 spiro atoms. The molecular formula is C16H18BrN5O8. The van der Waals surface area contributed by atoms with Crippen molar-refractivity contribution in [1.82, 2.24) is 19.5 Å². The quantitative estimate of drug-likeness (QED) is 0.323. The molecule has 13 nitrogen and oxygen atoms in total. The van der Waals surface area contributed by atoms with Gasteiger partial charge in [-0.3, -0.25) is 28.7 Å². The van der Waals surface area contributed by atoms with Gasteiger partial charge in [0.25, 0.3) is 5.56 Å². The number of nitrogens with two attached hydrogens (primary N) is 1. The highest BCUT2D eigenvalue weighted by Gasteiger charge is 2.51. The zero-order chi connectivity index (χ0) is 22.2. The molecule has 0 radical (unpaired) electrons. The van der Waals surface area contributed by atoms with E-state index >= 15 is 0 Å². The molecule has 3 N–H and O–H groups in total. The van der Waals surface area contributed by atoms with Crippen LogP contribution in [0.5, 0.6) is 0 Å². The number of hydrogen-bond acceptors (Lipinski definition) is 11. The Morgan fingerprint density at radius 1 is 1.13 bits per heavy atom. The molecule has 0 amide bonds. The van der Waals surface area contributed by atoms with Crippen molar-refractivity contribution in [2.24, 2.45) is 0 Å². The number of anilines is 1. The maximum absolute atomic E-state index is 12.2. The summed E-state index contributed by atoms with van der Waals surface area (Å²) >= 11 is 3.23. The van der Waals surface area contributed by atoms with Gasteiger partial charge in [0, 0.05) is 20.8 Å². The fraction of sp³-hybridized carbons (Fsp3) is 0.500. The Morgan fingerprint density at radius 2 is 1.77 bits per heavy atom. The second-order valence-corrected chi connectivity index (χ2v) is 7.10. The number of hydrogen-bond donors (Lipinski definition) is 2. The number of rotatable bonds is 5. The fourth-order valence-electron chi connectivity index (χ4n) is 3.10. The van der Waals surface area contributed by atoms with E-state index in [0.29, 0.717) is 0 Å². The highest BCUT2D eigenvalue weighted by Crippen LogP contribution is 2.37. The van der Waals surface area contributed by atoms with Gasteiger partial charge in [-0.15, -0.1) is 0 Å². The minimum atomic E-state index is -1.16. The first-order valence-corrected chi connectivity index (χ1v) is 9.44. The standard InChI is InChI=1S/C16H18BrN5O8/c1-5(23)27-4-8-10(28-6(2)24)11(29-7(3)25)14(30-8)22-12-9(19-15(22)17)13(26)21-16(18)20-12/h8,10-11,14H,4H2,1-3H3,(H3,18,20,21,26)/t8-,10-,11+,14+/m0/s1. The third kappa shape index (κ3) is 4.28. The van der Waals surface area contributed by atoms with Crippen LogP contribution in [0.15, 0.2) is 9.53 Å². The number of aromatic nitrogens is 4. The largest absolute Gasteiger partial charge is 0.463 e. The summed E-state index contributed by atoms with van der Waals surface area (Å²) in [6, 6.07) is 0. The number of carbonyl (C=O) groups is 3. The van der Waals surface area contributed by atoms with Gasteiger partial charge < -0.3 is 24.7 Å². The minimum Gasteiger partial charge on any atom is -0.463 e. The average Bonchev–Trinajstić information content (AvgIpc) is 3.10. The lowest BCUT2D eigenvalue weighted by Gasteiger charge is -2.24. The lowest BCUT2D eigenvalue weighted by Crippen LogP contribution is -2.40. The first-order valence-electron chi connectivity index (χ1n) is 8.65. The Kier molecular flexibility index (Phi) is 6.07. The highest BCUT2D eigenvalue weighted by atomic mass is 79.9. The second kappa shape index (κ2) is 8.39. The number of halogens is 1. The number of carbonyl (C=O) groups excluding carboxylic acids is 3. The summed E-state index contributed by atoms with van der Waals surface area (Å²) < 4.78 is 23.0. The molecule has 30 heavy (non-hydrogen) atoms. The molecule has 0 saturated carbocycles. The summed E-state index contributed by atoms with van der Waals surface area (Å²) in [7, 11) is 0. The number of H-pyrrole nitrogens is 1. The van der Waals surface area contributed by atoms with Crippen LogP contribution in [0.2, 0.25) is 0 Å². The number of imidazole rings is 1. The van der Waals surface area contributed by atoms with E-state index in [1.54, 1.807) is 0 Å². The monoisotopic (exact) mass is 487 g/mol. The first-order chi connectivity index (χ1) is 14.1. The van der Waals surface area contributed by atoms with Crippen molar-refractivity contribution in [3.05, 3.63) is 15.1 Å². The van der Waals surface area contributed by atoms with Crippen LogP contribution < -0.4 is 11.3 Å². The number of esters is 3. The van der Waals surface area contributed by atoms with Gasteiger partial charge in [0.1, 0.15) is 12.7 Å². The number of ether oxygens (including phenoxy) is 4. The lowest BCUT2D eigenvalue weighted by atomic mass is 10.1. The Morgan fingerprint density at radius 3 is 2.37 bits per heavy atom. The number of fused-ring (bicyclic) bond motifs is 1. The van der Waals surface area contributed by atoms with E-state index < -0.39 is 48.0 Å². The minimum absolute atomic E-state index is 0.0417. The molecule has 14 heteroatoms. The van der Waals surface area contributed by atoms with E-state index in [2.05, 4.69) is 30.9 Å². The van der Waals surface area contributed by atoms with E-state index in [4.69, 9.17) is 24.7 Å². The fourth-order valence-corrected chi connectivity index (χ4v) is 3.65. The maximum Gasteiger partial charge on any atom is 0.303 e. The predicted molar refractivity (Wildman–Crippen MR) is 102 cm³/mol. The van der Waals surface area contributed by atoms with Crippen molar-refractivity contribution < 1.29 is 33.3 Å². The normalized spacial score (nSPS) is 23.3. The molecule has 3 heterocycles. The molecule has 2 aromatic heterocycles. The number of nitrogen functional groups attached to an aromatic ring is 1. The van der Waals surface area contributed by atoms with Gasteiger partial charge in [-0.25, -0.2) is 4.98 Å². The van der Waals surface area contributed by atoms with E-state index in [-0.39, 0.29) is 28.5 Å². The van der Waals surface area contributed by atoms with E-state index in [9.17, 15) is 19.2 Å². The van der Waals surface area contributed by atoms with Crippen molar-refractivity contribution in [2.45, 2.75) is 45.3 Å². The molecule has 0 aromatic carbocycles. The van der Waals surface area contributed by atoms with Gasteiger partial charge in [0.05, 0.1) is 0 Å². The summed E-state index contributed by atoms with van der Waals surface area (Å²) in [6.45, 7) is 3.27. The van der Waals surface area contributed by atoms with Gasteiger partial charge >= 0.3 is 17.9 Å². The van der Waals surface area contributed by atoms with Crippen LogP contribution in [-0.2, 0) is 33.3 Å². The second-order valence-electron chi connectivity index (χ2n) is 6.39. The molecule has 0 unspecified atom stereocenters. The van der Waals surface area contributed by atoms with Gasteiger partial charge in [0.15, 0.2) is 34.3 Å². The lowest BCUT2D eigenvalue weighted by molar-refractivity contribution is -0.166. The third-order valence-electron chi connectivity index (χ3n) is 4.12. The van der Waals surface area contributed by atoms with Crippen molar-refractivity contribution in [2.75, 3.05) is 12.3 Å². The van der Waals surface area contributed by atoms with E-state index in [0.717, 1.165) is 0 Å². The summed E-state index contributed by atoms with van der Waals surface area (Å²) in [4.78, 5) is 57.3. The molecule has 0 bridgehead atoms. The van der Waals surface area contributed by atoms with Crippen LogP contribution in [0.1, 0.15) is 27.0 Å². The molecule has 162 valence electrons. The number of nitrogens with zero attached hydrogens (tertiary/aromatic N) is 3. The van der Waals surface area contributed by atoms with Crippen LogP contribution in [0.3, 0.4) is 0 Å². The first kappa shape index (κ1) is 21.7. The maximum atomic E-state index is 12.2. The highest BCUT2D eigenvalue weighted by molar-refractivity contribution is 9.10. The number of nitrogens with one attached hydrogen (secondary N) is 1. The zero-order valence-corrected chi connectivity index (χ0v) is 17.7. The Hall–Kier alpha value is -3.00. The molecule has 1 fully saturated rings. The van der Waals surface area contributed by atoms with Crippen molar-refractivity contribution in [3.8, 4) is 0 Å². The molecule has 4 atom stereocenters. The third-order valence-corrected chi connectivity index (χ3v) is 4.68. The average molecular weight is 488 g/mol. The summed E-state index contributed by atoms with van der Waals surface area (Å²) in [6.07, 6.45) is -4.38. The molecule has 3 rings (SSSR count).